The first-order chi connectivity index (χ1) is 22.0. The van der Waals surface area contributed by atoms with Gasteiger partial charge in [0.1, 0.15) is 5.82 Å². The average molecular weight is 602 g/mol. The summed E-state index contributed by atoms with van der Waals surface area (Å²) in [6, 6.07) is 23.4. The molecule has 4 heterocycles. The maximum atomic E-state index is 15.5. The van der Waals surface area contributed by atoms with Gasteiger partial charge in [0.25, 0.3) is 0 Å². The van der Waals surface area contributed by atoms with Gasteiger partial charge in [-0.2, -0.15) is 9.67 Å². The number of nitrogens with one attached hydrogen (secondary N) is 1. The van der Waals surface area contributed by atoms with Gasteiger partial charge in [-0.1, -0.05) is 42.5 Å². The van der Waals surface area contributed by atoms with E-state index in [1.165, 1.54) is 16.3 Å². The molecule has 1 fully saturated rings. The minimum atomic E-state index is -0.344. The van der Waals surface area contributed by atoms with Crippen LogP contribution in [-0.4, -0.2) is 50.0 Å². The highest BCUT2D eigenvalue weighted by Gasteiger charge is 2.35. The third kappa shape index (κ3) is 4.94. The molecule has 1 saturated heterocycles. The zero-order chi connectivity index (χ0) is 30.5. The fraction of sp³-hybridized carbons (Fsp3) is 0.265. The van der Waals surface area contributed by atoms with Gasteiger partial charge in [0.2, 0.25) is 17.8 Å². The Morgan fingerprint density at radius 2 is 1.64 bits per heavy atom. The van der Waals surface area contributed by atoms with Crippen LogP contribution in [0.4, 0.5) is 33.3 Å². The summed E-state index contributed by atoms with van der Waals surface area (Å²) in [4.78, 5) is 21.1. The molecule has 10 nitrogen and oxygen atoms in total. The van der Waals surface area contributed by atoms with E-state index in [0.717, 1.165) is 60.2 Å². The SMILES string of the molecule is Nc1nc(Nc2ccc(N3CCC(N4C(=O)Cc5ccccc54)CC3)c(F)c2)n(-c2cc3c(nn2)-c2ccccc2CCC3)n1. The van der Waals surface area contributed by atoms with Crippen molar-refractivity contribution in [3.05, 3.63) is 95.3 Å². The number of carbonyl (C=O) groups excluding carboxylic acids is 1. The van der Waals surface area contributed by atoms with Crippen molar-refractivity contribution < 1.29 is 9.18 Å². The van der Waals surface area contributed by atoms with Crippen molar-refractivity contribution in [3.8, 4) is 17.1 Å². The van der Waals surface area contributed by atoms with Gasteiger partial charge in [0.05, 0.1) is 17.8 Å². The van der Waals surface area contributed by atoms with Gasteiger partial charge >= 0.3 is 0 Å². The number of aromatic nitrogens is 5. The molecule has 3 aliphatic rings. The van der Waals surface area contributed by atoms with Gasteiger partial charge < -0.3 is 20.9 Å². The number of nitrogen functional groups attached to an aromatic ring is 1. The number of para-hydroxylation sites is 1. The quantitative estimate of drug-likeness (QED) is 0.281. The number of nitrogens with zero attached hydrogens (tertiary/aromatic N) is 7. The number of halogens is 1. The van der Waals surface area contributed by atoms with Crippen molar-refractivity contribution in [2.75, 3.05) is 33.9 Å². The van der Waals surface area contributed by atoms with Crippen LogP contribution >= 0.6 is 0 Å². The van der Waals surface area contributed by atoms with Crippen LogP contribution in [0, 0.1) is 5.82 Å². The van der Waals surface area contributed by atoms with E-state index >= 15 is 4.39 Å². The number of hydrogen-bond donors (Lipinski definition) is 2. The van der Waals surface area contributed by atoms with Crippen LogP contribution in [0.15, 0.2) is 72.8 Å². The van der Waals surface area contributed by atoms with Crippen molar-refractivity contribution in [1.29, 1.82) is 0 Å². The number of aryl methyl sites for hydroxylation is 2. The highest BCUT2D eigenvalue weighted by molar-refractivity contribution is 6.01. The zero-order valence-electron chi connectivity index (χ0n) is 24.7. The van der Waals surface area contributed by atoms with E-state index in [1.54, 1.807) is 6.07 Å². The average Bonchev–Trinajstić information content (AvgIpc) is 3.52. The zero-order valence-corrected chi connectivity index (χ0v) is 24.7. The normalized spacial score (nSPS) is 16.2. The van der Waals surface area contributed by atoms with Crippen LogP contribution in [0.25, 0.3) is 17.1 Å². The number of benzene rings is 3. The smallest absolute Gasteiger partial charge is 0.241 e. The first-order valence-corrected chi connectivity index (χ1v) is 15.4. The highest BCUT2D eigenvalue weighted by atomic mass is 19.1. The molecule has 8 rings (SSSR count). The lowest BCUT2D eigenvalue weighted by atomic mass is 10.0. The number of amides is 1. The Morgan fingerprint density at radius 1 is 0.867 bits per heavy atom. The first kappa shape index (κ1) is 27.2. The number of piperidine rings is 1. The lowest BCUT2D eigenvalue weighted by Crippen LogP contribution is -2.46. The highest BCUT2D eigenvalue weighted by Crippen LogP contribution is 2.35. The third-order valence-corrected chi connectivity index (χ3v) is 9.10. The number of carbonyl (C=O) groups is 1. The molecule has 11 heteroatoms. The summed E-state index contributed by atoms with van der Waals surface area (Å²) in [7, 11) is 0. The topological polar surface area (TPSA) is 118 Å². The van der Waals surface area contributed by atoms with Crippen LogP contribution in [0.3, 0.4) is 0 Å². The van der Waals surface area contributed by atoms with Crippen molar-refractivity contribution >= 4 is 34.9 Å². The van der Waals surface area contributed by atoms with Crippen molar-refractivity contribution in [2.24, 2.45) is 0 Å². The van der Waals surface area contributed by atoms with Crippen molar-refractivity contribution in [2.45, 2.75) is 44.6 Å². The summed E-state index contributed by atoms with van der Waals surface area (Å²) in [5, 5.41) is 16.6. The van der Waals surface area contributed by atoms with E-state index in [2.05, 4.69) is 43.8 Å². The fourth-order valence-corrected chi connectivity index (χ4v) is 6.96. The van der Waals surface area contributed by atoms with Crippen LogP contribution in [-0.2, 0) is 24.1 Å². The molecule has 2 aromatic heterocycles. The summed E-state index contributed by atoms with van der Waals surface area (Å²) in [5.74, 6) is 0.673. The molecule has 0 spiro atoms. The lowest BCUT2D eigenvalue weighted by molar-refractivity contribution is -0.117. The van der Waals surface area contributed by atoms with Gasteiger partial charge in [0.15, 0.2) is 5.82 Å². The predicted molar refractivity (Wildman–Crippen MR) is 171 cm³/mol. The third-order valence-electron chi connectivity index (χ3n) is 9.10. The molecule has 2 aliphatic heterocycles. The Labute approximate surface area is 259 Å². The lowest BCUT2D eigenvalue weighted by Gasteiger charge is -2.38. The van der Waals surface area contributed by atoms with Crippen LogP contribution < -0.4 is 20.9 Å². The Hall–Kier alpha value is -5.32. The molecule has 3 N–H and O–H groups in total. The minimum Gasteiger partial charge on any atom is -0.369 e. The van der Waals surface area contributed by atoms with Crippen molar-refractivity contribution in [3.63, 3.8) is 0 Å². The second kappa shape index (κ2) is 11.0. The van der Waals surface area contributed by atoms with Crippen molar-refractivity contribution in [1.82, 2.24) is 25.0 Å². The molecule has 226 valence electrons. The van der Waals surface area contributed by atoms with Crippen LogP contribution in [0.2, 0.25) is 0 Å². The Morgan fingerprint density at radius 3 is 2.49 bits per heavy atom. The van der Waals surface area contributed by atoms with Gasteiger partial charge in [-0.15, -0.1) is 15.3 Å². The van der Waals surface area contributed by atoms with Gasteiger partial charge in [-0.3, -0.25) is 4.79 Å². The molecule has 0 atom stereocenters. The standard InChI is InChI=1S/C34H32FN9O/c35-27-20-24(12-13-29(27)42-16-14-25(15-17-42)43-28-11-4-2-7-22(28)19-31(43)45)37-34-38-33(36)41-44(34)30-18-23-9-5-8-21-6-1-3-10-26(21)32(23)40-39-30/h1-4,6-7,10-13,18,20,25H,5,8-9,14-17,19H2,(H3,36,37,38,41). The predicted octanol–water partition coefficient (Wildman–Crippen LogP) is 5.24. The molecule has 0 bridgehead atoms. The minimum absolute atomic E-state index is 0.0682. The summed E-state index contributed by atoms with van der Waals surface area (Å²) in [6.45, 7) is 1.32. The molecule has 0 saturated carbocycles. The second-order valence-corrected chi connectivity index (χ2v) is 11.9. The van der Waals surface area contributed by atoms with E-state index in [1.807, 2.05) is 52.3 Å². The molecular formula is C34H32FN9O. The number of hydrogen-bond acceptors (Lipinski definition) is 8. The first-order valence-electron chi connectivity index (χ1n) is 15.4. The largest absolute Gasteiger partial charge is 0.369 e. The Bertz CT molecular complexity index is 1930. The molecule has 0 radical (unpaired) electrons. The van der Waals surface area contributed by atoms with Crippen LogP contribution in [0.1, 0.15) is 36.0 Å². The molecule has 3 aromatic carbocycles. The number of anilines is 5. The van der Waals surface area contributed by atoms with E-state index in [9.17, 15) is 4.79 Å². The number of rotatable bonds is 5. The molecule has 45 heavy (non-hydrogen) atoms. The fourth-order valence-electron chi connectivity index (χ4n) is 6.96. The molecular weight excluding hydrogens is 569 g/mol. The maximum Gasteiger partial charge on any atom is 0.241 e. The number of nitrogens with two attached hydrogens (primary N) is 1. The van der Waals surface area contributed by atoms with E-state index < -0.39 is 0 Å². The Kier molecular flexibility index (Phi) is 6.66. The summed E-state index contributed by atoms with van der Waals surface area (Å²) >= 11 is 0. The monoisotopic (exact) mass is 601 g/mol. The van der Waals surface area contributed by atoms with E-state index in [-0.39, 0.29) is 23.7 Å². The van der Waals surface area contributed by atoms with Crippen LogP contribution in [0.5, 0.6) is 0 Å². The summed E-state index contributed by atoms with van der Waals surface area (Å²) < 4.78 is 17.0. The van der Waals surface area contributed by atoms with E-state index in [4.69, 9.17) is 5.73 Å². The molecule has 5 aromatic rings. The second-order valence-electron chi connectivity index (χ2n) is 11.9. The van der Waals surface area contributed by atoms with Gasteiger partial charge in [-0.05, 0) is 79.1 Å². The summed E-state index contributed by atoms with van der Waals surface area (Å²) in [5.41, 5.74) is 13.5. The molecule has 1 aliphatic carbocycles. The molecule has 1 amide bonds. The molecule has 0 unspecified atom stereocenters. The number of fused-ring (bicyclic) bond motifs is 4. The summed E-state index contributed by atoms with van der Waals surface area (Å²) in [6.07, 6.45) is 4.85. The van der Waals surface area contributed by atoms with Gasteiger partial charge in [0, 0.05) is 36.1 Å². The Balaban J connectivity index is 0.988. The maximum absolute atomic E-state index is 15.5. The van der Waals surface area contributed by atoms with Gasteiger partial charge in [-0.25, -0.2) is 4.39 Å². The van der Waals surface area contributed by atoms with E-state index in [0.29, 0.717) is 42.7 Å².